The fraction of sp³-hybridized carbons (Fsp3) is 0.263. The van der Waals surface area contributed by atoms with Gasteiger partial charge in [-0.25, -0.2) is 4.68 Å². The van der Waals surface area contributed by atoms with E-state index in [0.717, 1.165) is 11.1 Å². The standard InChI is InChI=1S/C19H19N3O2/c1-14(15-7-3-2-4-8-15)11-12-16(23)13-22-19(24)17-9-5-6-10-18(17)20-21-22/h2-10,14H,11-13H2,1H3/t14-/m1/s1. The van der Waals surface area contributed by atoms with Crippen molar-refractivity contribution >= 4 is 16.7 Å². The fourth-order valence-electron chi connectivity index (χ4n) is 2.70. The molecule has 122 valence electrons. The number of ketones is 1. The Morgan fingerprint density at radius 3 is 2.58 bits per heavy atom. The maximum Gasteiger partial charge on any atom is 0.278 e. The van der Waals surface area contributed by atoms with Crippen LogP contribution in [0.15, 0.2) is 59.4 Å². The van der Waals surface area contributed by atoms with Crippen LogP contribution < -0.4 is 5.56 Å². The Kier molecular flexibility index (Phi) is 4.79. The SMILES string of the molecule is C[C@H](CCC(=O)Cn1nnc2ccccc2c1=O)c1ccccc1. The lowest BCUT2D eigenvalue weighted by molar-refractivity contribution is -0.120. The number of fused-ring (bicyclic) bond motifs is 1. The van der Waals surface area contributed by atoms with Crippen LogP contribution in [-0.2, 0) is 11.3 Å². The molecular weight excluding hydrogens is 302 g/mol. The third-order valence-corrected chi connectivity index (χ3v) is 4.18. The molecule has 0 unspecified atom stereocenters. The van der Waals surface area contributed by atoms with Crippen LogP contribution >= 0.6 is 0 Å². The second kappa shape index (κ2) is 7.17. The number of aromatic nitrogens is 3. The van der Waals surface area contributed by atoms with E-state index in [0.29, 0.717) is 23.2 Å². The van der Waals surface area contributed by atoms with Crippen molar-refractivity contribution in [1.29, 1.82) is 0 Å². The molecule has 5 heteroatoms. The van der Waals surface area contributed by atoms with Gasteiger partial charge in [-0.2, -0.15) is 0 Å². The van der Waals surface area contributed by atoms with Gasteiger partial charge < -0.3 is 0 Å². The van der Waals surface area contributed by atoms with Crippen LogP contribution in [-0.4, -0.2) is 20.8 Å². The summed E-state index contributed by atoms with van der Waals surface area (Å²) in [5, 5.41) is 8.35. The molecule has 24 heavy (non-hydrogen) atoms. The van der Waals surface area contributed by atoms with Crippen LogP contribution in [0.5, 0.6) is 0 Å². The van der Waals surface area contributed by atoms with Gasteiger partial charge in [0.1, 0.15) is 12.1 Å². The highest BCUT2D eigenvalue weighted by molar-refractivity contribution is 5.79. The van der Waals surface area contributed by atoms with E-state index in [9.17, 15) is 9.59 Å². The van der Waals surface area contributed by atoms with E-state index in [-0.39, 0.29) is 17.9 Å². The van der Waals surface area contributed by atoms with E-state index in [1.807, 2.05) is 18.2 Å². The van der Waals surface area contributed by atoms with Gasteiger partial charge in [0, 0.05) is 6.42 Å². The molecule has 0 aliphatic rings. The molecule has 1 aromatic heterocycles. The van der Waals surface area contributed by atoms with Crippen LogP contribution in [0.2, 0.25) is 0 Å². The summed E-state index contributed by atoms with van der Waals surface area (Å²) >= 11 is 0. The molecule has 5 nitrogen and oxygen atoms in total. The van der Waals surface area contributed by atoms with Gasteiger partial charge in [0.2, 0.25) is 0 Å². The highest BCUT2D eigenvalue weighted by Gasteiger charge is 2.12. The highest BCUT2D eigenvalue weighted by atomic mass is 16.1. The largest absolute Gasteiger partial charge is 0.298 e. The van der Waals surface area contributed by atoms with E-state index in [1.165, 1.54) is 5.56 Å². The van der Waals surface area contributed by atoms with Gasteiger partial charge in [-0.1, -0.05) is 54.6 Å². The van der Waals surface area contributed by atoms with Gasteiger partial charge in [0.15, 0.2) is 5.78 Å². The van der Waals surface area contributed by atoms with Gasteiger partial charge in [-0.15, -0.1) is 5.10 Å². The molecule has 2 aromatic carbocycles. The molecule has 0 aliphatic carbocycles. The lowest BCUT2D eigenvalue weighted by atomic mass is 9.95. The predicted octanol–water partition coefficient (Wildman–Crippen LogP) is 2.94. The first-order chi connectivity index (χ1) is 11.6. The first-order valence-electron chi connectivity index (χ1n) is 8.04. The average Bonchev–Trinajstić information content (AvgIpc) is 2.63. The predicted molar refractivity (Wildman–Crippen MR) is 92.9 cm³/mol. The van der Waals surface area contributed by atoms with Crippen molar-refractivity contribution in [2.75, 3.05) is 0 Å². The first kappa shape index (κ1) is 16.1. The molecule has 0 aliphatic heterocycles. The summed E-state index contributed by atoms with van der Waals surface area (Å²) in [6.45, 7) is 2.07. The summed E-state index contributed by atoms with van der Waals surface area (Å²) in [5.41, 5.74) is 1.49. The fourth-order valence-corrected chi connectivity index (χ4v) is 2.70. The number of nitrogens with zero attached hydrogens (tertiary/aromatic N) is 3. The molecule has 1 atom stereocenters. The minimum absolute atomic E-state index is 0.00976. The van der Waals surface area contributed by atoms with Crippen molar-refractivity contribution in [1.82, 2.24) is 15.0 Å². The van der Waals surface area contributed by atoms with Gasteiger partial charge in [-0.05, 0) is 30.0 Å². The smallest absolute Gasteiger partial charge is 0.278 e. The highest BCUT2D eigenvalue weighted by Crippen LogP contribution is 2.20. The van der Waals surface area contributed by atoms with Crippen LogP contribution in [0.4, 0.5) is 0 Å². The summed E-state index contributed by atoms with van der Waals surface area (Å²) in [6, 6.07) is 17.1. The summed E-state index contributed by atoms with van der Waals surface area (Å²) in [7, 11) is 0. The lowest BCUT2D eigenvalue weighted by Gasteiger charge is -2.11. The molecule has 1 heterocycles. The van der Waals surface area contributed by atoms with E-state index in [2.05, 4.69) is 29.4 Å². The molecule has 0 saturated heterocycles. The maximum atomic E-state index is 12.3. The molecule has 0 radical (unpaired) electrons. The number of rotatable bonds is 6. The Morgan fingerprint density at radius 2 is 1.79 bits per heavy atom. The van der Waals surface area contributed by atoms with Crippen molar-refractivity contribution in [3.63, 3.8) is 0 Å². The molecule has 0 bridgehead atoms. The summed E-state index contributed by atoms with van der Waals surface area (Å²) < 4.78 is 1.15. The normalized spacial score (nSPS) is 12.2. The summed E-state index contributed by atoms with van der Waals surface area (Å²) in [5.74, 6) is 0.291. The van der Waals surface area contributed by atoms with Crippen molar-refractivity contribution in [2.45, 2.75) is 32.2 Å². The summed E-state index contributed by atoms with van der Waals surface area (Å²) in [6.07, 6.45) is 1.16. The van der Waals surface area contributed by atoms with E-state index >= 15 is 0 Å². The maximum absolute atomic E-state index is 12.3. The Labute approximate surface area is 139 Å². The summed E-state index contributed by atoms with van der Waals surface area (Å²) in [4.78, 5) is 24.5. The van der Waals surface area contributed by atoms with Crippen molar-refractivity contribution in [3.8, 4) is 0 Å². The van der Waals surface area contributed by atoms with Crippen LogP contribution in [0.1, 0.15) is 31.2 Å². The third kappa shape index (κ3) is 3.56. The monoisotopic (exact) mass is 321 g/mol. The molecule has 0 amide bonds. The Balaban J connectivity index is 1.65. The van der Waals surface area contributed by atoms with Crippen molar-refractivity contribution < 1.29 is 4.79 Å². The van der Waals surface area contributed by atoms with E-state index < -0.39 is 0 Å². The molecule has 3 aromatic rings. The first-order valence-corrected chi connectivity index (χ1v) is 8.04. The molecule has 0 spiro atoms. The zero-order valence-corrected chi connectivity index (χ0v) is 13.6. The van der Waals surface area contributed by atoms with Crippen LogP contribution in [0.25, 0.3) is 10.9 Å². The van der Waals surface area contributed by atoms with Gasteiger partial charge in [-0.3, -0.25) is 9.59 Å². The zero-order valence-electron chi connectivity index (χ0n) is 13.6. The Hall–Kier alpha value is -2.82. The number of hydrogen-bond acceptors (Lipinski definition) is 4. The number of carbonyl (C=O) groups excluding carboxylic acids is 1. The molecule has 0 saturated carbocycles. The third-order valence-electron chi connectivity index (χ3n) is 4.18. The van der Waals surface area contributed by atoms with E-state index in [4.69, 9.17) is 0 Å². The van der Waals surface area contributed by atoms with Gasteiger partial charge in [0.05, 0.1) is 5.39 Å². The second-order valence-corrected chi connectivity index (χ2v) is 5.96. The topological polar surface area (TPSA) is 64.8 Å². The number of carbonyl (C=O) groups is 1. The van der Waals surface area contributed by atoms with Crippen LogP contribution in [0, 0.1) is 0 Å². The average molecular weight is 321 g/mol. The van der Waals surface area contributed by atoms with Crippen LogP contribution in [0.3, 0.4) is 0 Å². The number of hydrogen-bond donors (Lipinski definition) is 0. The number of Topliss-reactive ketones (excluding diaryl/α,β-unsaturated/α-hetero) is 1. The quantitative estimate of drug-likeness (QED) is 0.700. The van der Waals surface area contributed by atoms with Crippen molar-refractivity contribution in [3.05, 3.63) is 70.5 Å². The van der Waals surface area contributed by atoms with Crippen molar-refractivity contribution in [2.24, 2.45) is 0 Å². The Morgan fingerprint density at radius 1 is 1.08 bits per heavy atom. The molecule has 0 fully saturated rings. The number of benzene rings is 2. The van der Waals surface area contributed by atoms with Gasteiger partial charge in [0.25, 0.3) is 5.56 Å². The minimum atomic E-state index is -0.273. The lowest BCUT2D eigenvalue weighted by Crippen LogP contribution is -2.27. The minimum Gasteiger partial charge on any atom is -0.298 e. The Bertz CT molecular complexity index is 903. The zero-order chi connectivity index (χ0) is 16.9. The molecule has 3 rings (SSSR count). The van der Waals surface area contributed by atoms with E-state index in [1.54, 1.807) is 24.3 Å². The van der Waals surface area contributed by atoms with Gasteiger partial charge >= 0.3 is 0 Å². The molecule has 0 N–H and O–H groups in total. The molecular formula is C19H19N3O2. The second-order valence-electron chi connectivity index (χ2n) is 5.96.